The van der Waals surface area contributed by atoms with E-state index in [9.17, 15) is 9.90 Å². The predicted molar refractivity (Wildman–Crippen MR) is 192 cm³/mol. The first-order chi connectivity index (χ1) is 21.9. The molecule has 0 aliphatic heterocycles. The molecule has 0 atom stereocenters. The van der Waals surface area contributed by atoms with Crippen molar-refractivity contribution in [3.63, 3.8) is 0 Å². The Morgan fingerprint density at radius 2 is 1.36 bits per heavy atom. The van der Waals surface area contributed by atoms with Crippen molar-refractivity contribution in [1.29, 1.82) is 0 Å². The van der Waals surface area contributed by atoms with E-state index in [0.29, 0.717) is 0 Å². The second kappa shape index (κ2) is 14.2. The second-order valence-corrected chi connectivity index (χ2v) is 13.7. The second-order valence-electron chi connectivity index (χ2n) is 13.7. The maximum atomic E-state index is 12.2. The Morgan fingerprint density at radius 3 is 1.98 bits per heavy atom. The van der Waals surface area contributed by atoms with Crippen LogP contribution in [0.2, 0.25) is 0 Å². The Bertz CT molecular complexity index is 1930. The van der Waals surface area contributed by atoms with E-state index >= 15 is 0 Å². The molecule has 1 aromatic heterocycles. The quantitative estimate of drug-likeness (QED) is 0.0964. The minimum absolute atomic E-state index is 0. The number of carbonyl (C=O) groups excluding carboxylic acids is 1. The number of allylic oxidation sites excluding steroid dienone is 2. The molecular weight excluding hydrogens is 757 g/mol. The van der Waals surface area contributed by atoms with E-state index in [1.807, 2.05) is 47.6 Å². The van der Waals surface area contributed by atoms with E-state index in [1.165, 1.54) is 44.3 Å². The summed E-state index contributed by atoms with van der Waals surface area (Å²) in [5.74, 6) is 0.286. The van der Waals surface area contributed by atoms with Crippen molar-refractivity contribution in [3.8, 4) is 22.5 Å². The van der Waals surface area contributed by atoms with Crippen LogP contribution in [-0.2, 0) is 30.3 Å². The van der Waals surface area contributed by atoms with Crippen LogP contribution in [-0.4, -0.2) is 20.9 Å². The van der Waals surface area contributed by atoms with Crippen molar-refractivity contribution in [2.45, 2.75) is 86.5 Å². The molecule has 5 aromatic rings. The van der Waals surface area contributed by atoms with Crippen LogP contribution >= 0.6 is 0 Å². The van der Waals surface area contributed by atoms with Crippen molar-refractivity contribution < 1.29 is 30.0 Å². The molecule has 4 aromatic carbocycles. The third-order valence-corrected chi connectivity index (χ3v) is 10.8. The summed E-state index contributed by atoms with van der Waals surface area (Å²) < 4.78 is 0. The van der Waals surface area contributed by atoms with Gasteiger partial charge in [-0.05, 0) is 65.4 Å². The summed E-state index contributed by atoms with van der Waals surface area (Å²) in [6, 6.07) is 29.1. The van der Waals surface area contributed by atoms with Crippen molar-refractivity contribution in [1.82, 2.24) is 9.97 Å². The first-order valence-corrected chi connectivity index (χ1v) is 16.7. The number of hydrogen-bond donors (Lipinski definition) is 1. The Hall–Kier alpha value is -3.66. The van der Waals surface area contributed by atoms with Crippen LogP contribution in [0, 0.1) is 16.9 Å². The number of aromatic nitrogens is 2. The van der Waals surface area contributed by atoms with E-state index < -0.39 is 0 Å². The molecule has 0 amide bonds. The normalized spacial score (nSPS) is 13.7. The average Bonchev–Trinajstić information content (AvgIpc) is 3.31. The molecule has 0 saturated heterocycles. The van der Waals surface area contributed by atoms with Crippen molar-refractivity contribution >= 4 is 27.3 Å². The van der Waals surface area contributed by atoms with Gasteiger partial charge in [-0.1, -0.05) is 109 Å². The van der Waals surface area contributed by atoms with E-state index in [0.717, 1.165) is 42.6 Å². The van der Waals surface area contributed by atoms with Crippen LogP contribution < -0.4 is 0 Å². The van der Waals surface area contributed by atoms with Crippen LogP contribution in [0.25, 0.3) is 44.1 Å². The monoisotopic (exact) mass is 804 g/mol. The van der Waals surface area contributed by atoms with Crippen molar-refractivity contribution in [3.05, 3.63) is 108 Å². The van der Waals surface area contributed by atoms with Crippen LogP contribution in [0.1, 0.15) is 92.2 Å². The SMILES string of the molecule is CC1(C)c2cc3ccccc3cc2-c2ncnc(-c3[c-]ccc4ccccc34)c21.CCC(C)(CC)C(=O)/C=C(\O)C(C)(CC)CC.[Ir]. The molecule has 6 rings (SSSR count). The summed E-state index contributed by atoms with van der Waals surface area (Å²) >= 11 is 0. The fraction of sp³-hybridized carbons (Fsp3) is 0.357. The molecule has 47 heavy (non-hydrogen) atoms. The topological polar surface area (TPSA) is 63.1 Å². The van der Waals surface area contributed by atoms with Crippen LogP contribution in [0.3, 0.4) is 0 Å². The van der Waals surface area contributed by atoms with Crippen LogP contribution in [0.15, 0.2) is 91.0 Å². The number of hydrogen-bond acceptors (Lipinski definition) is 4. The maximum Gasteiger partial charge on any atom is 0.164 e. The van der Waals surface area contributed by atoms with Crippen LogP contribution in [0.5, 0.6) is 0 Å². The van der Waals surface area contributed by atoms with Crippen LogP contribution in [0.4, 0.5) is 0 Å². The third-order valence-electron chi connectivity index (χ3n) is 10.8. The number of aliphatic hydroxyl groups is 1. The third kappa shape index (κ3) is 6.58. The van der Waals surface area contributed by atoms with E-state index in [1.54, 1.807) is 6.33 Å². The minimum Gasteiger partial charge on any atom is -0.512 e. The molecule has 4 nitrogen and oxygen atoms in total. The molecule has 0 spiro atoms. The van der Waals surface area contributed by atoms with Crippen molar-refractivity contribution in [2.24, 2.45) is 10.8 Å². The van der Waals surface area contributed by atoms with Crippen molar-refractivity contribution in [2.75, 3.05) is 0 Å². The Kier molecular flexibility index (Phi) is 10.9. The average molecular weight is 804 g/mol. The molecular formula is C42H47IrN2O2-. The Balaban J connectivity index is 0.000000242. The molecule has 5 heteroatoms. The van der Waals surface area contributed by atoms with Gasteiger partial charge in [0.15, 0.2) is 5.78 Å². The zero-order valence-corrected chi connectivity index (χ0v) is 31.4. The number of benzene rings is 4. The summed E-state index contributed by atoms with van der Waals surface area (Å²) in [7, 11) is 0. The van der Waals surface area contributed by atoms with Gasteiger partial charge in [-0.3, -0.25) is 9.78 Å². The summed E-state index contributed by atoms with van der Waals surface area (Å²) in [4.78, 5) is 21.7. The molecule has 0 unspecified atom stereocenters. The van der Waals surface area contributed by atoms with Gasteiger partial charge in [0.05, 0.1) is 5.69 Å². The summed E-state index contributed by atoms with van der Waals surface area (Å²) in [5, 5.41) is 15.0. The molecule has 1 aliphatic carbocycles. The van der Waals surface area contributed by atoms with E-state index in [4.69, 9.17) is 9.97 Å². The summed E-state index contributed by atoms with van der Waals surface area (Å²) in [6.07, 6.45) is 6.45. The van der Waals surface area contributed by atoms with Gasteiger partial charge >= 0.3 is 0 Å². The number of fused-ring (bicyclic) bond motifs is 5. The molecule has 0 bridgehead atoms. The Morgan fingerprint density at radius 1 is 0.809 bits per heavy atom. The zero-order valence-electron chi connectivity index (χ0n) is 29.0. The van der Waals surface area contributed by atoms with Gasteiger partial charge in [-0.25, -0.2) is 4.98 Å². The molecule has 1 radical (unpaired) electrons. The number of aliphatic hydroxyl groups excluding tert-OH is 1. The molecule has 0 fully saturated rings. The number of rotatable bonds is 8. The van der Waals surface area contributed by atoms with Gasteiger partial charge in [0.1, 0.15) is 12.1 Å². The largest absolute Gasteiger partial charge is 0.512 e. The van der Waals surface area contributed by atoms with Gasteiger partial charge in [0.2, 0.25) is 0 Å². The molecule has 1 aliphatic rings. The van der Waals surface area contributed by atoms with Gasteiger partial charge in [0, 0.05) is 48.0 Å². The van der Waals surface area contributed by atoms with Gasteiger partial charge in [-0.2, -0.15) is 0 Å². The zero-order chi connectivity index (χ0) is 33.3. The van der Waals surface area contributed by atoms with Gasteiger partial charge < -0.3 is 5.11 Å². The Labute approximate surface area is 294 Å². The first kappa shape index (κ1) is 36.2. The summed E-state index contributed by atoms with van der Waals surface area (Å²) in [6.45, 7) is 16.6. The predicted octanol–water partition coefficient (Wildman–Crippen LogP) is 11.2. The van der Waals surface area contributed by atoms with E-state index in [-0.39, 0.29) is 47.9 Å². The summed E-state index contributed by atoms with van der Waals surface area (Å²) in [5.41, 5.74) is 6.01. The maximum absolute atomic E-state index is 12.2. The first-order valence-electron chi connectivity index (χ1n) is 16.7. The molecule has 1 N–H and O–H groups in total. The smallest absolute Gasteiger partial charge is 0.164 e. The molecule has 1 heterocycles. The fourth-order valence-electron chi connectivity index (χ4n) is 6.50. The number of carbonyl (C=O) groups is 1. The minimum atomic E-state index is -0.337. The number of nitrogens with zero attached hydrogens (tertiary/aromatic N) is 2. The standard InChI is InChI=1S/C27H19N2.C15H28O2.Ir/c1-27(2)23-15-19-10-4-3-9-18(19)14-22(23)26-24(27)25(28-16-29-26)21-13-7-11-17-8-5-6-12-20(17)21;1-7-14(5,8-2)12(16)11-13(17)15(6,9-3)10-4;/h3-12,14-16H,1-2H3;11,16H,7-10H2,1-6H3;/q-1;;/b;12-11-;. The fourth-order valence-corrected chi connectivity index (χ4v) is 6.50. The van der Waals surface area contributed by atoms with E-state index in [2.05, 4.69) is 86.6 Å². The number of ketones is 1. The molecule has 247 valence electrons. The van der Waals surface area contributed by atoms with Gasteiger partial charge in [-0.15, -0.1) is 29.1 Å². The molecule has 0 saturated carbocycles. The van der Waals surface area contributed by atoms with Gasteiger partial charge in [0.25, 0.3) is 0 Å².